The molecule has 0 aliphatic heterocycles. The van der Waals surface area contributed by atoms with E-state index >= 15 is 0 Å². The van der Waals surface area contributed by atoms with Crippen LogP contribution < -0.4 is 14.8 Å². The molecule has 0 unspecified atom stereocenters. The topological polar surface area (TPSA) is 113 Å². The van der Waals surface area contributed by atoms with Gasteiger partial charge in [-0.05, 0) is 35.6 Å². The standard InChI is InChI=1S/C29H31ClN6O4SSi/c1-38-25-8-6-5-7-20(25)23-15-31-12-11-21(23)27(37)33-28-34-35-29(41-28)40-17-19-9-10-24(30)26-22(19)16-32-36(26)18-39-13-14-42(2,3)4/h5-12,15-16H,13-14,17-18H2,1-4H3,(H,33,34,37). The highest BCUT2D eigenvalue weighted by Crippen LogP contribution is 2.33. The molecule has 10 nitrogen and oxygen atoms in total. The number of methoxy groups -OCH3 is 1. The molecule has 0 fully saturated rings. The van der Waals surface area contributed by atoms with Gasteiger partial charge in [-0.2, -0.15) is 5.10 Å². The zero-order chi connectivity index (χ0) is 29.7. The molecule has 0 saturated heterocycles. The second kappa shape index (κ2) is 13.0. The number of hydrogen-bond donors (Lipinski definition) is 1. The SMILES string of the molecule is COc1ccccc1-c1cnccc1C(=O)Nc1nnc(OCc2ccc(Cl)c3c2cnn3COCC[Si](C)(C)C)s1. The number of para-hydroxylation sites is 1. The number of anilines is 1. The molecule has 0 aliphatic rings. The van der Waals surface area contributed by atoms with Crippen LogP contribution in [0.3, 0.4) is 0 Å². The number of carbonyl (C=O) groups is 1. The molecule has 42 heavy (non-hydrogen) atoms. The molecule has 1 N–H and O–H groups in total. The lowest BCUT2D eigenvalue weighted by Crippen LogP contribution is -2.22. The van der Waals surface area contributed by atoms with Crippen LogP contribution in [0, 0.1) is 0 Å². The monoisotopic (exact) mass is 622 g/mol. The summed E-state index contributed by atoms with van der Waals surface area (Å²) in [7, 11) is 0.408. The number of benzene rings is 2. The molecule has 0 radical (unpaired) electrons. The van der Waals surface area contributed by atoms with Crippen LogP contribution in [0.15, 0.2) is 61.1 Å². The van der Waals surface area contributed by atoms with Gasteiger partial charge in [0.2, 0.25) is 5.13 Å². The average Bonchev–Trinajstić information content (AvgIpc) is 3.62. The van der Waals surface area contributed by atoms with Crippen molar-refractivity contribution in [3.63, 3.8) is 0 Å². The van der Waals surface area contributed by atoms with E-state index < -0.39 is 8.07 Å². The van der Waals surface area contributed by atoms with Gasteiger partial charge >= 0.3 is 0 Å². The summed E-state index contributed by atoms with van der Waals surface area (Å²) in [6.07, 6.45) is 4.97. The lowest BCUT2D eigenvalue weighted by atomic mass is 10.0. The first-order chi connectivity index (χ1) is 20.2. The van der Waals surface area contributed by atoms with Gasteiger partial charge in [-0.1, -0.05) is 60.6 Å². The van der Waals surface area contributed by atoms with Gasteiger partial charge in [0.1, 0.15) is 19.1 Å². The Morgan fingerprint density at radius 3 is 2.71 bits per heavy atom. The maximum Gasteiger partial charge on any atom is 0.296 e. The van der Waals surface area contributed by atoms with E-state index in [-0.39, 0.29) is 12.5 Å². The van der Waals surface area contributed by atoms with Gasteiger partial charge in [-0.3, -0.25) is 15.1 Å². The van der Waals surface area contributed by atoms with Crippen LogP contribution in [0.25, 0.3) is 22.0 Å². The van der Waals surface area contributed by atoms with Crippen molar-refractivity contribution in [1.82, 2.24) is 25.0 Å². The normalized spacial score (nSPS) is 11.5. The lowest BCUT2D eigenvalue weighted by Gasteiger charge is -2.15. The third-order valence-corrected chi connectivity index (χ3v) is 9.25. The first kappa shape index (κ1) is 29.6. The molecule has 3 aromatic heterocycles. The van der Waals surface area contributed by atoms with Gasteiger partial charge in [0, 0.05) is 49.2 Å². The lowest BCUT2D eigenvalue weighted by molar-refractivity contribution is 0.0817. The predicted octanol–water partition coefficient (Wildman–Crippen LogP) is 6.76. The van der Waals surface area contributed by atoms with Crippen LogP contribution in [-0.2, 0) is 18.1 Å². The summed E-state index contributed by atoms with van der Waals surface area (Å²) in [6.45, 7) is 8.19. The molecule has 0 atom stereocenters. The Morgan fingerprint density at radius 2 is 1.90 bits per heavy atom. The van der Waals surface area contributed by atoms with Gasteiger partial charge in [-0.25, -0.2) is 4.68 Å². The van der Waals surface area contributed by atoms with E-state index in [0.29, 0.717) is 45.6 Å². The number of rotatable bonds is 12. The Bertz CT molecular complexity index is 1700. The van der Waals surface area contributed by atoms with Gasteiger partial charge in [0.15, 0.2) is 0 Å². The van der Waals surface area contributed by atoms with Crippen LogP contribution in [-0.4, -0.2) is 52.7 Å². The molecular weight excluding hydrogens is 592 g/mol. The number of fused-ring (bicyclic) bond motifs is 1. The van der Waals surface area contributed by atoms with Crippen LogP contribution in [0.4, 0.5) is 5.13 Å². The quantitative estimate of drug-likeness (QED) is 0.120. The number of nitrogens with zero attached hydrogens (tertiary/aromatic N) is 5. The maximum absolute atomic E-state index is 13.2. The van der Waals surface area contributed by atoms with Crippen LogP contribution in [0.2, 0.25) is 30.7 Å². The van der Waals surface area contributed by atoms with Gasteiger partial charge in [0.25, 0.3) is 11.1 Å². The second-order valence-electron chi connectivity index (χ2n) is 10.7. The van der Waals surface area contributed by atoms with Crippen molar-refractivity contribution >= 4 is 53.0 Å². The summed E-state index contributed by atoms with van der Waals surface area (Å²) in [5.41, 5.74) is 3.51. The van der Waals surface area contributed by atoms with Crippen LogP contribution in [0.1, 0.15) is 15.9 Å². The molecule has 218 valence electrons. The fourth-order valence-electron chi connectivity index (χ4n) is 4.26. The average molecular weight is 623 g/mol. The number of hydrogen-bond acceptors (Lipinski definition) is 9. The van der Waals surface area contributed by atoms with E-state index in [9.17, 15) is 4.79 Å². The first-order valence-electron chi connectivity index (χ1n) is 13.3. The van der Waals surface area contributed by atoms with E-state index in [1.807, 2.05) is 36.4 Å². The fraction of sp³-hybridized carbons (Fsp3) is 0.276. The largest absolute Gasteiger partial charge is 0.496 e. The highest BCUT2D eigenvalue weighted by molar-refractivity contribution is 7.17. The summed E-state index contributed by atoms with van der Waals surface area (Å²) in [5, 5.41) is 17.6. The fourth-order valence-corrected chi connectivity index (χ4v) is 5.87. The number of halogens is 1. The van der Waals surface area contributed by atoms with Crippen molar-refractivity contribution in [2.75, 3.05) is 19.0 Å². The molecule has 0 aliphatic carbocycles. The Labute approximate surface area is 253 Å². The Kier molecular flexibility index (Phi) is 9.17. The molecule has 13 heteroatoms. The second-order valence-corrected chi connectivity index (χ2v) is 17.7. The van der Waals surface area contributed by atoms with E-state index in [1.165, 1.54) is 0 Å². The Hall–Kier alpha value is -3.84. The highest BCUT2D eigenvalue weighted by atomic mass is 35.5. The Morgan fingerprint density at radius 1 is 1.07 bits per heavy atom. The third kappa shape index (κ3) is 6.96. The molecule has 3 heterocycles. The Balaban J connectivity index is 1.25. The third-order valence-electron chi connectivity index (χ3n) is 6.49. The van der Waals surface area contributed by atoms with Crippen molar-refractivity contribution in [1.29, 1.82) is 0 Å². The minimum absolute atomic E-state index is 0.223. The van der Waals surface area contributed by atoms with Crippen molar-refractivity contribution in [2.24, 2.45) is 0 Å². The van der Waals surface area contributed by atoms with Gasteiger partial charge in [0.05, 0.1) is 29.4 Å². The molecular formula is C29H31ClN6O4SSi. The van der Waals surface area contributed by atoms with Crippen LogP contribution >= 0.6 is 22.9 Å². The number of carbonyl (C=O) groups excluding carboxylic acids is 1. The van der Waals surface area contributed by atoms with Crippen LogP contribution in [0.5, 0.6) is 10.9 Å². The number of aromatic nitrogens is 5. The minimum atomic E-state index is -1.18. The van der Waals surface area contributed by atoms with Crippen molar-refractivity contribution in [3.8, 4) is 22.1 Å². The highest BCUT2D eigenvalue weighted by Gasteiger charge is 2.19. The van der Waals surface area contributed by atoms with Gasteiger partial charge < -0.3 is 14.2 Å². The van der Waals surface area contributed by atoms with E-state index in [1.54, 1.807) is 36.4 Å². The zero-order valence-electron chi connectivity index (χ0n) is 23.8. The summed E-state index contributed by atoms with van der Waals surface area (Å²) in [5.74, 6) is 0.294. The van der Waals surface area contributed by atoms with Gasteiger partial charge in [-0.15, -0.1) is 5.10 Å². The number of ether oxygens (including phenoxy) is 3. The molecule has 1 amide bonds. The summed E-state index contributed by atoms with van der Waals surface area (Å²) in [6, 6.07) is 13.9. The number of amides is 1. The smallest absolute Gasteiger partial charge is 0.296 e. The summed E-state index contributed by atoms with van der Waals surface area (Å²) < 4.78 is 19.1. The van der Waals surface area contributed by atoms with E-state index in [0.717, 1.165) is 39.4 Å². The van der Waals surface area contributed by atoms with Crippen molar-refractivity contribution in [2.45, 2.75) is 39.0 Å². The van der Waals surface area contributed by atoms with E-state index in [2.05, 4.69) is 45.2 Å². The molecule has 5 rings (SSSR count). The zero-order valence-corrected chi connectivity index (χ0v) is 26.3. The summed E-state index contributed by atoms with van der Waals surface area (Å²) in [4.78, 5) is 17.4. The summed E-state index contributed by atoms with van der Waals surface area (Å²) >= 11 is 7.66. The number of nitrogens with one attached hydrogen (secondary N) is 1. The minimum Gasteiger partial charge on any atom is -0.496 e. The molecule has 0 bridgehead atoms. The molecule has 5 aromatic rings. The molecule has 0 saturated carbocycles. The van der Waals surface area contributed by atoms with Crippen molar-refractivity contribution in [3.05, 3.63) is 77.2 Å². The number of pyridine rings is 1. The first-order valence-corrected chi connectivity index (χ1v) is 18.2. The van der Waals surface area contributed by atoms with E-state index in [4.69, 9.17) is 25.8 Å². The molecule has 0 spiro atoms. The predicted molar refractivity (Wildman–Crippen MR) is 167 cm³/mol. The molecule has 2 aromatic carbocycles. The maximum atomic E-state index is 13.2. The van der Waals surface area contributed by atoms with Crippen molar-refractivity contribution < 1.29 is 19.0 Å².